The molecule has 0 spiro atoms. The molecule has 0 saturated carbocycles. The molecular formula is C14H15F3N2O3. The van der Waals surface area contributed by atoms with Crippen LogP contribution in [0.4, 0.5) is 13.2 Å². The van der Waals surface area contributed by atoms with Crippen LogP contribution in [0.15, 0.2) is 17.2 Å². The van der Waals surface area contributed by atoms with Gasteiger partial charge in [0, 0.05) is 23.5 Å². The van der Waals surface area contributed by atoms with E-state index in [4.69, 9.17) is 9.84 Å². The standard InChI is InChI=1S/C14H15F3N2O3/c1-7-5-11(20)18-19-13(7)9-3-4-10(8(2)12(9)15)22-6-14(16,17)21/h3-4,7,21H,5-6H2,1-2H3,(H,18,20)/t7-/m1/s1. The van der Waals surface area contributed by atoms with E-state index in [1.807, 2.05) is 0 Å². The number of carbonyl (C=O) groups excluding carboxylic acids is 1. The second-order valence-electron chi connectivity index (χ2n) is 5.14. The molecule has 120 valence electrons. The number of amides is 1. The third-order valence-corrected chi connectivity index (χ3v) is 3.27. The maximum absolute atomic E-state index is 14.4. The smallest absolute Gasteiger partial charge is 0.387 e. The summed E-state index contributed by atoms with van der Waals surface area (Å²) in [6.07, 6.45) is -3.81. The van der Waals surface area contributed by atoms with Crippen LogP contribution in [0.3, 0.4) is 0 Å². The molecule has 1 atom stereocenters. The molecule has 0 aliphatic carbocycles. The Morgan fingerprint density at radius 3 is 2.77 bits per heavy atom. The zero-order chi connectivity index (χ0) is 16.5. The fourth-order valence-corrected chi connectivity index (χ4v) is 2.16. The highest BCUT2D eigenvalue weighted by Gasteiger charge is 2.28. The molecule has 1 aliphatic heterocycles. The number of hydrogen-bond donors (Lipinski definition) is 2. The van der Waals surface area contributed by atoms with Crippen LogP contribution in [0.5, 0.6) is 5.75 Å². The van der Waals surface area contributed by atoms with Gasteiger partial charge in [0.1, 0.15) is 11.6 Å². The van der Waals surface area contributed by atoms with Gasteiger partial charge >= 0.3 is 6.11 Å². The minimum Gasteiger partial charge on any atom is -0.484 e. The molecule has 0 unspecified atom stereocenters. The van der Waals surface area contributed by atoms with Crippen molar-refractivity contribution in [1.29, 1.82) is 0 Å². The zero-order valence-electron chi connectivity index (χ0n) is 12.0. The van der Waals surface area contributed by atoms with Crippen molar-refractivity contribution in [1.82, 2.24) is 5.43 Å². The van der Waals surface area contributed by atoms with Gasteiger partial charge in [-0.2, -0.15) is 13.9 Å². The summed E-state index contributed by atoms with van der Waals surface area (Å²) >= 11 is 0. The lowest BCUT2D eigenvalue weighted by atomic mass is 9.92. The summed E-state index contributed by atoms with van der Waals surface area (Å²) in [6, 6.07) is 2.67. The Bertz CT molecular complexity index is 626. The number of nitrogens with one attached hydrogen (secondary N) is 1. The molecule has 1 heterocycles. The number of carbonyl (C=O) groups is 1. The normalized spacial score (nSPS) is 18.7. The van der Waals surface area contributed by atoms with Crippen molar-refractivity contribution in [2.24, 2.45) is 11.0 Å². The fraction of sp³-hybridized carbons (Fsp3) is 0.429. The molecule has 0 saturated heterocycles. The van der Waals surface area contributed by atoms with Gasteiger partial charge < -0.3 is 9.84 Å². The maximum Gasteiger partial charge on any atom is 0.387 e. The van der Waals surface area contributed by atoms with Gasteiger partial charge in [0.05, 0.1) is 5.71 Å². The molecule has 0 aromatic heterocycles. The minimum absolute atomic E-state index is 0.0218. The summed E-state index contributed by atoms with van der Waals surface area (Å²) in [7, 11) is 0. The topological polar surface area (TPSA) is 70.9 Å². The number of alkyl halides is 2. The number of hydrogen-bond acceptors (Lipinski definition) is 4. The van der Waals surface area contributed by atoms with E-state index in [1.54, 1.807) is 6.92 Å². The van der Waals surface area contributed by atoms with Crippen LogP contribution in [0, 0.1) is 18.7 Å². The molecular weight excluding hydrogens is 301 g/mol. The summed E-state index contributed by atoms with van der Waals surface area (Å²) in [5.41, 5.74) is 2.86. The molecule has 1 amide bonds. The van der Waals surface area contributed by atoms with Crippen LogP contribution in [-0.4, -0.2) is 29.4 Å². The molecule has 22 heavy (non-hydrogen) atoms. The summed E-state index contributed by atoms with van der Waals surface area (Å²) < 4.78 is 43.9. The lowest BCUT2D eigenvalue weighted by Gasteiger charge is -2.21. The highest BCUT2D eigenvalue weighted by atomic mass is 19.3. The van der Waals surface area contributed by atoms with E-state index in [2.05, 4.69) is 10.5 Å². The molecule has 2 N–H and O–H groups in total. The highest BCUT2D eigenvalue weighted by Crippen LogP contribution is 2.28. The van der Waals surface area contributed by atoms with E-state index in [0.29, 0.717) is 5.71 Å². The lowest BCUT2D eigenvalue weighted by molar-refractivity contribution is -0.216. The second-order valence-corrected chi connectivity index (χ2v) is 5.14. The predicted octanol–water partition coefficient (Wildman–Crippen LogP) is 1.96. The molecule has 1 aromatic rings. The monoisotopic (exact) mass is 316 g/mol. The largest absolute Gasteiger partial charge is 0.484 e. The van der Waals surface area contributed by atoms with Gasteiger partial charge in [0.2, 0.25) is 5.91 Å². The molecule has 0 bridgehead atoms. The van der Waals surface area contributed by atoms with Crippen molar-refractivity contribution in [3.05, 3.63) is 29.1 Å². The van der Waals surface area contributed by atoms with E-state index in [9.17, 15) is 18.0 Å². The van der Waals surface area contributed by atoms with Crippen LogP contribution >= 0.6 is 0 Å². The average molecular weight is 316 g/mol. The first-order valence-electron chi connectivity index (χ1n) is 6.58. The highest BCUT2D eigenvalue weighted by molar-refractivity contribution is 6.06. The lowest BCUT2D eigenvalue weighted by Crippen LogP contribution is -2.32. The summed E-state index contributed by atoms with van der Waals surface area (Å²) in [5, 5.41) is 12.2. The van der Waals surface area contributed by atoms with Crippen LogP contribution in [0.25, 0.3) is 0 Å². The van der Waals surface area contributed by atoms with Gasteiger partial charge in [0.15, 0.2) is 6.61 Å². The molecule has 1 aromatic carbocycles. The Hall–Kier alpha value is -2.09. The Labute approximate surface area is 124 Å². The number of ether oxygens (including phenoxy) is 1. The maximum atomic E-state index is 14.4. The van der Waals surface area contributed by atoms with Crippen LogP contribution in [0.2, 0.25) is 0 Å². The quantitative estimate of drug-likeness (QED) is 0.892. The number of aliphatic hydroxyl groups is 1. The Kier molecular flexibility index (Phi) is 4.41. The van der Waals surface area contributed by atoms with Gasteiger partial charge in [-0.25, -0.2) is 9.82 Å². The first kappa shape index (κ1) is 16.3. The number of halogens is 3. The zero-order valence-corrected chi connectivity index (χ0v) is 12.0. The van der Waals surface area contributed by atoms with Crippen molar-refractivity contribution in [2.45, 2.75) is 26.4 Å². The van der Waals surface area contributed by atoms with Gasteiger partial charge in [-0.15, -0.1) is 0 Å². The van der Waals surface area contributed by atoms with E-state index in [1.165, 1.54) is 19.1 Å². The van der Waals surface area contributed by atoms with Crippen LogP contribution < -0.4 is 10.2 Å². The summed E-state index contributed by atoms with van der Waals surface area (Å²) in [6.45, 7) is 1.85. The van der Waals surface area contributed by atoms with Gasteiger partial charge in [-0.1, -0.05) is 6.92 Å². The van der Waals surface area contributed by atoms with Crippen LogP contribution in [0.1, 0.15) is 24.5 Å². The van der Waals surface area contributed by atoms with Crippen molar-refractivity contribution in [3.63, 3.8) is 0 Å². The van der Waals surface area contributed by atoms with Crippen LogP contribution in [-0.2, 0) is 4.79 Å². The average Bonchev–Trinajstić information content (AvgIpc) is 2.40. The van der Waals surface area contributed by atoms with Gasteiger partial charge in [0.25, 0.3) is 0 Å². The van der Waals surface area contributed by atoms with E-state index in [-0.39, 0.29) is 35.1 Å². The molecule has 8 heteroatoms. The Morgan fingerprint density at radius 1 is 1.50 bits per heavy atom. The number of hydrazone groups is 1. The van der Waals surface area contributed by atoms with Gasteiger partial charge in [-0.05, 0) is 19.1 Å². The molecule has 0 fully saturated rings. The van der Waals surface area contributed by atoms with E-state index >= 15 is 0 Å². The third kappa shape index (κ3) is 3.56. The minimum atomic E-state index is -3.99. The Balaban J connectivity index is 2.29. The number of nitrogens with zero attached hydrogens (tertiary/aromatic N) is 1. The van der Waals surface area contributed by atoms with Crippen molar-refractivity contribution in [3.8, 4) is 5.75 Å². The SMILES string of the molecule is Cc1c(OCC(O)(F)F)ccc(C2=NNC(=O)C[C@H]2C)c1F. The number of rotatable bonds is 4. The van der Waals surface area contributed by atoms with Gasteiger partial charge in [-0.3, -0.25) is 4.79 Å². The molecule has 2 rings (SSSR count). The summed E-state index contributed by atoms with van der Waals surface area (Å²) in [4.78, 5) is 11.2. The molecule has 1 aliphatic rings. The molecule has 0 radical (unpaired) electrons. The first-order valence-corrected chi connectivity index (χ1v) is 6.58. The second kappa shape index (κ2) is 5.96. The first-order chi connectivity index (χ1) is 10.2. The molecule has 5 nitrogen and oxygen atoms in total. The van der Waals surface area contributed by atoms with Crippen molar-refractivity contribution < 1.29 is 27.8 Å². The predicted molar refractivity (Wildman–Crippen MR) is 72.3 cm³/mol. The fourth-order valence-electron chi connectivity index (χ4n) is 2.16. The Morgan fingerprint density at radius 2 is 2.18 bits per heavy atom. The summed E-state index contributed by atoms with van der Waals surface area (Å²) in [5.74, 6) is -1.28. The van der Waals surface area contributed by atoms with Crippen molar-refractivity contribution in [2.75, 3.05) is 6.61 Å². The third-order valence-electron chi connectivity index (χ3n) is 3.27. The van der Waals surface area contributed by atoms with E-state index in [0.717, 1.165) is 0 Å². The van der Waals surface area contributed by atoms with E-state index < -0.39 is 18.5 Å². The van der Waals surface area contributed by atoms with Crippen molar-refractivity contribution >= 4 is 11.6 Å². The number of benzene rings is 1.